The highest BCUT2D eigenvalue weighted by Crippen LogP contribution is 2.22. The van der Waals surface area contributed by atoms with Gasteiger partial charge in [-0.15, -0.1) is 0 Å². The summed E-state index contributed by atoms with van der Waals surface area (Å²) in [6, 6.07) is 8.16. The van der Waals surface area contributed by atoms with E-state index in [0.29, 0.717) is 18.8 Å². The van der Waals surface area contributed by atoms with Crippen molar-refractivity contribution in [2.24, 2.45) is 0 Å². The van der Waals surface area contributed by atoms with Crippen molar-refractivity contribution in [1.82, 2.24) is 14.5 Å². The largest absolute Gasteiger partial charge is 0.281 e. The zero-order valence-electron chi connectivity index (χ0n) is 11.3. The zero-order valence-corrected chi connectivity index (χ0v) is 12.2. The van der Waals surface area contributed by atoms with Crippen molar-refractivity contribution in [2.75, 3.05) is 13.1 Å². The summed E-state index contributed by atoms with van der Waals surface area (Å²) < 4.78 is 26.8. The van der Waals surface area contributed by atoms with Crippen LogP contribution in [0.4, 0.5) is 0 Å². The van der Waals surface area contributed by atoms with Gasteiger partial charge < -0.3 is 0 Å². The standard InChI is InChI=1S/C14H17N3O2S/c1-11-14(10-15-16-11)20(18,19)17-8-6-12-4-2-3-5-13(12)7-9-17/h2-5,10H,6-9H2,1H3,(H,15,16). The first-order valence-corrected chi connectivity index (χ1v) is 8.10. The minimum absolute atomic E-state index is 0.281. The Labute approximate surface area is 118 Å². The number of aromatic nitrogens is 2. The second kappa shape index (κ2) is 5.03. The van der Waals surface area contributed by atoms with E-state index in [-0.39, 0.29) is 4.90 Å². The van der Waals surface area contributed by atoms with Crippen LogP contribution in [0.2, 0.25) is 0 Å². The minimum atomic E-state index is -3.45. The third-order valence-electron chi connectivity index (χ3n) is 3.78. The molecule has 1 N–H and O–H groups in total. The van der Waals surface area contributed by atoms with Crippen LogP contribution in [-0.4, -0.2) is 36.0 Å². The second-order valence-electron chi connectivity index (χ2n) is 5.03. The molecule has 5 nitrogen and oxygen atoms in total. The third kappa shape index (κ3) is 2.25. The molecule has 2 heterocycles. The Kier molecular flexibility index (Phi) is 3.35. The number of nitrogens with zero attached hydrogens (tertiary/aromatic N) is 2. The van der Waals surface area contributed by atoms with Crippen LogP contribution in [0.5, 0.6) is 0 Å². The number of rotatable bonds is 2. The fourth-order valence-corrected chi connectivity index (χ4v) is 4.19. The molecule has 0 amide bonds. The summed E-state index contributed by atoms with van der Waals surface area (Å²) in [6.45, 7) is 2.76. The molecule has 3 rings (SSSR count). The fraction of sp³-hybridized carbons (Fsp3) is 0.357. The molecule has 1 aromatic heterocycles. The number of aromatic amines is 1. The molecule has 0 aliphatic carbocycles. The third-order valence-corrected chi connectivity index (χ3v) is 5.79. The number of sulfonamides is 1. The van der Waals surface area contributed by atoms with Crippen LogP contribution in [0.1, 0.15) is 16.8 Å². The van der Waals surface area contributed by atoms with Crippen molar-refractivity contribution in [3.8, 4) is 0 Å². The first-order chi connectivity index (χ1) is 9.59. The Morgan fingerprint density at radius 1 is 1.15 bits per heavy atom. The summed E-state index contributed by atoms with van der Waals surface area (Å²) in [5.74, 6) is 0. The summed E-state index contributed by atoms with van der Waals surface area (Å²) in [5.41, 5.74) is 3.08. The molecule has 6 heteroatoms. The minimum Gasteiger partial charge on any atom is -0.281 e. The molecule has 0 saturated carbocycles. The van der Waals surface area contributed by atoms with Crippen LogP contribution in [0.3, 0.4) is 0 Å². The highest BCUT2D eigenvalue weighted by atomic mass is 32.2. The number of benzene rings is 1. The summed E-state index contributed by atoms with van der Waals surface area (Å²) in [7, 11) is -3.45. The predicted octanol–water partition coefficient (Wildman–Crippen LogP) is 1.51. The molecule has 0 radical (unpaired) electrons. The van der Waals surface area contributed by atoms with Gasteiger partial charge >= 0.3 is 0 Å². The van der Waals surface area contributed by atoms with Gasteiger partial charge in [0.1, 0.15) is 4.90 Å². The molecule has 0 fully saturated rings. The topological polar surface area (TPSA) is 66.1 Å². The van der Waals surface area contributed by atoms with Crippen LogP contribution < -0.4 is 0 Å². The number of nitrogens with one attached hydrogen (secondary N) is 1. The van der Waals surface area contributed by atoms with Crippen LogP contribution in [0, 0.1) is 6.92 Å². The number of hydrogen-bond acceptors (Lipinski definition) is 3. The van der Waals surface area contributed by atoms with Gasteiger partial charge in [0.2, 0.25) is 10.0 Å². The molecule has 1 aliphatic heterocycles. The lowest BCUT2D eigenvalue weighted by Crippen LogP contribution is -2.33. The van der Waals surface area contributed by atoms with E-state index in [9.17, 15) is 8.42 Å². The van der Waals surface area contributed by atoms with Gasteiger partial charge in [-0.2, -0.15) is 9.40 Å². The molecular weight excluding hydrogens is 274 g/mol. The van der Waals surface area contributed by atoms with Gasteiger partial charge in [0.05, 0.1) is 11.9 Å². The lowest BCUT2D eigenvalue weighted by Gasteiger charge is -2.19. The number of H-pyrrole nitrogens is 1. The lowest BCUT2D eigenvalue weighted by atomic mass is 10.0. The maximum atomic E-state index is 12.6. The van der Waals surface area contributed by atoms with E-state index >= 15 is 0 Å². The van der Waals surface area contributed by atoms with Crippen LogP contribution in [-0.2, 0) is 22.9 Å². The lowest BCUT2D eigenvalue weighted by molar-refractivity contribution is 0.426. The molecule has 0 spiro atoms. The summed E-state index contributed by atoms with van der Waals surface area (Å²) in [5, 5.41) is 6.51. The van der Waals surface area contributed by atoms with E-state index in [1.807, 2.05) is 12.1 Å². The predicted molar refractivity (Wildman–Crippen MR) is 75.9 cm³/mol. The van der Waals surface area contributed by atoms with Crippen molar-refractivity contribution in [3.63, 3.8) is 0 Å². The van der Waals surface area contributed by atoms with Gasteiger partial charge in [0, 0.05) is 13.1 Å². The molecule has 0 atom stereocenters. The molecule has 2 aromatic rings. The Morgan fingerprint density at radius 3 is 2.25 bits per heavy atom. The molecule has 0 unspecified atom stereocenters. The summed E-state index contributed by atoms with van der Waals surface area (Å²) in [6.07, 6.45) is 2.90. The molecule has 0 bridgehead atoms. The average molecular weight is 291 g/mol. The van der Waals surface area contributed by atoms with Crippen molar-refractivity contribution >= 4 is 10.0 Å². The van der Waals surface area contributed by atoms with Crippen molar-refractivity contribution < 1.29 is 8.42 Å². The van der Waals surface area contributed by atoms with Crippen LogP contribution in [0.15, 0.2) is 35.4 Å². The van der Waals surface area contributed by atoms with E-state index < -0.39 is 10.0 Å². The summed E-state index contributed by atoms with van der Waals surface area (Å²) >= 11 is 0. The first kappa shape index (κ1) is 13.3. The van der Waals surface area contributed by atoms with Crippen LogP contribution in [0.25, 0.3) is 0 Å². The van der Waals surface area contributed by atoms with Gasteiger partial charge in [-0.25, -0.2) is 8.42 Å². The van der Waals surface area contributed by atoms with E-state index in [2.05, 4.69) is 22.3 Å². The summed E-state index contributed by atoms with van der Waals surface area (Å²) in [4.78, 5) is 0.281. The molecular formula is C14H17N3O2S. The number of fused-ring (bicyclic) bond motifs is 1. The normalized spacial score (nSPS) is 16.6. The van der Waals surface area contributed by atoms with Crippen molar-refractivity contribution in [3.05, 3.63) is 47.3 Å². The van der Waals surface area contributed by atoms with Gasteiger partial charge in [-0.1, -0.05) is 24.3 Å². The van der Waals surface area contributed by atoms with Crippen molar-refractivity contribution in [1.29, 1.82) is 0 Å². The first-order valence-electron chi connectivity index (χ1n) is 6.66. The van der Waals surface area contributed by atoms with Gasteiger partial charge in [0.15, 0.2) is 0 Å². The van der Waals surface area contributed by atoms with Gasteiger partial charge in [-0.3, -0.25) is 5.10 Å². The number of hydrogen-bond donors (Lipinski definition) is 1. The monoisotopic (exact) mass is 291 g/mol. The van der Waals surface area contributed by atoms with E-state index in [1.165, 1.54) is 17.3 Å². The Balaban J connectivity index is 1.89. The second-order valence-corrected chi connectivity index (χ2v) is 6.94. The van der Waals surface area contributed by atoms with Crippen molar-refractivity contribution in [2.45, 2.75) is 24.7 Å². The quantitative estimate of drug-likeness (QED) is 0.912. The molecule has 1 aliphatic rings. The number of aryl methyl sites for hydroxylation is 1. The molecule has 1 aromatic carbocycles. The highest BCUT2D eigenvalue weighted by Gasteiger charge is 2.28. The average Bonchev–Trinajstić information content (AvgIpc) is 2.75. The van der Waals surface area contributed by atoms with Gasteiger partial charge in [0.25, 0.3) is 0 Å². The Hall–Kier alpha value is -1.66. The maximum Gasteiger partial charge on any atom is 0.246 e. The van der Waals surface area contributed by atoms with E-state index in [4.69, 9.17) is 0 Å². The Morgan fingerprint density at radius 2 is 1.75 bits per heavy atom. The van der Waals surface area contributed by atoms with Gasteiger partial charge in [-0.05, 0) is 30.9 Å². The fourth-order valence-electron chi connectivity index (χ4n) is 2.63. The molecule has 0 saturated heterocycles. The molecule has 20 heavy (non-hydrogen) atoms. The SMILES string of the molecule is Cc1[nH]ncc1S(=O)(=O)N1CCc2ccccc2CC1. The molecule has 106 valence electrons. The maximum absolute atomic E-state index is 12.6. The van der Waals surface area contributed by atoms with E-state index in [0.717, 1.165) is 12.8 Å². The Bertz CT molecular complexity index is 695. The zero-order chi connectivity index (χ0) is 14.2. The highest BCUT2D eigenvalue weighted by molar-refractivity contribution is 7.89. The van der Waals surface area contributed by atoms with Crippen LogP contribution >= 0.6 is 0 Å². The smallest absolute Gasteiger partial charge is 0.246 e. The van der Waals surface area contributed by atoms with E-state index in [1.54, 1.807) is 11.2 Å².